The highest BCUT2D eigenvalue weighted by Crippen LogP contribution is 2.15. The van der Waals surface area contributed by atoms with E-state index in [1.807, 2.05) is 12.5 Å². The number of alkyl halides is 1. The molecule has 1 aromatic carbocycles. The summed E-state index contributed by atoms with van der Waals surface area (Å²) in [4.78, 5) is 4.21. The summed E-state index contributed by atoms with van der Waals surface area (Å²) < 4.78 is 2.06. The normalized spacial score (nSPS) is 11.1. The van der Waals surface area contributed by atoms with Gasteiger partial charge in [-0.25, -0.2) is 4.98 Å². The van der Waals surface area contributed by atoms with E-state index in [9.17, 15) is 0 Å². The Morgan fingerprint density at radius 1 is 1.24 bits per heavy atom. The van der Waals surface area contributed by atoms with Crippen molar-refractivity contribution < 1.29 is 0 Å². The van der Waals surface area contributed by atoms with E-state index in [-0.39, 0.29) is 0 Å². The van der Waals surface area contributed by atoms with Crippen LogP contribution in [-0.4, -0.2) is 9.55 Å². The van der Waals surface area contributed by atoms with Gasteiger partial charge in [0.15, 0.2) is 0 Å². The van der Waals surface area contributed by atoms with Crippen LogP contribution >= 0.6 is 11.6 Å². The minimum atomic E-state index is 0.472. The van der Waals surface area contributed by atoms with Gasteiger partial charge in [-0.3, -0.25) is 0 Å². The lowest BCUT2D eigenvalue weighted by atomic mass is 10.0. The van der Waals surface area contributed by atoms with Crippen LogP contribution in [0.2, 0.25) is 0 Å². The van der Waals surface area contributed by atoms with Gasteiger partial charge in [0.25, 0.3) is 0 Å². The average Bonchev–Trinajstić information content (AvgIpc) is 2.77. The average molecular weight is 249 g/mol. The molecule has 0 aliphatic carbocycles. The van der Waals surface area contributed by atoms with Crippen molar-refractivity contribution in [3.63, 3.8) is 0 Å². The molecule has 0 N–H and O–H groups in total. The van der Waals surface area contributed by atoms with Crippen LogP contribution in [0.3, 0.4) is 0 Å². The Hall–Kier alpha value is -1.28. The summed E-state index contributed by atoms with van der Waals surface area (Å²) in [5.74, 6) is 1.05. The van der Waals surface area contributed by atoms with Gasteiger partial charge in [-0.05, 0) is 17.0 Å². The minimum Gasteiger partial charge on any atom is -0.333 e. The minimum absolute atomic E-state index is 0.472. The molecular formula is C14H17ClN2. The Morgan fingerprint density at radius 2 is 1.94 bits per heavy atom. The highest BCUT2D eigenvalue weighted by atomic mass is 35.5. The molecule has 1 heterocycles. The van der Waals surface area contributed by atoms with Crippen molar-refractivity contribution in [3.05, 3.63) is 53.6 Å². The van der Waals surface area contributed by atoms with Crippen LogP contribution in [0.25, 0.3) is 0 Å². The monoisotopic (exact) mass is 248 g/mol. The maximum absolute atomic E-state index is 5.72. The van der Waals surface area contributed by atoms with E-state index in [0.717, 1.165) is 12.2 Å². The summed E-state index contributed by atoms with van der Waals surface area (Å²) in [6.07, 6.45) is 3.82. The molecule has 0 bridgehead atoms. The van der Waals surface area contributed by atoms with Crippen LogP contribution in [0, 0.1) is 0 Å². The molecule has 0 aliphatic rings. The molecule has 0 atom stereocenters. The zero-order valence-electron chi connectivity index (χ0n) is 10.2. The van der Waals surface area contributed by atoms with Gasteiger partial charge < -0.3 is 4.57 Å². The number of hydrogen-bond acceptors (Lipinski definition) is 1. The fourth-order valence-electron chi connectivity index (χ4n) is 1.78. The predicted octanol–water partition coefficient (Wildman–Crippen LogP) is 3.79. The Bertz CT molecular complexity index is 471. The first-order chi connectivity index (χ1) is 8.19. The van der Waals surface area contributed by atoms with E-state index in [4.69, 9.17) is 11.6 Å². The van der Waals surface area contributed by atoms with E-state index in [1.54, 1.807) is 0 Å². The number of aromatic nitrogens is 2. The number of imidazole rings is 1. The quantitative estimate of drug-likeness (QED) is 0.753. The number of halogens is 1. The molecule has 90 valence electrons. The molecule has 0 saturated carbocycles. The second-order valence-electron chi connectivity index (χ2n) is 4.57. The lowest BCUT2D eigenvalue weighted by Gasteiger charge is -2.07. The number of benzene rings is 1. The molecule has 2 rings (SSSR count). The van der Waals surface area contributed by atoms with E-state index in [2.05, 4.69) is 47.7 Å². The van der Waals surface area contributed by atoms with Gasteiger partial charge in [-0.2, -0.15) is 0 Å². The smallest absolute Gasteiger partial charge is 0.0953 e. The molecule has 0 amide bonds. The van der Waals surface area contributed by atoms with Crippen molar-refractivity contribution in [3.8, 4) is 0 Å². The van der Waals surface area contributed by atoms with Crippen LogP contribution in [0.4, 0.5) is 0 Å². The molecule has 0 fully saturated rings. The Labute approximate surface area is 107 Å². The van der Waals surface area contributed by atoms with Gasteiger partial charge in [0, 0.05) is 12.7 Å². The van der Waals surface area contributed by atoms with Crippen molar-refractivity contribution in [1.82, 2.24) is 9.55 Å². The maximum Gasteiger partial charge on any atom is 0.0953 e. The van der Waals surface area contributed by atoms with Gasteiger partial charge >= 0.3 is 0 Å². The van der Waals surface area contributed by atoms with Crippen LogP contribution in [0.5, 0.6) is 0 Å². The highest BCUT2D eigenvalue weighted by molar-refractivity contribution is 6.16. The maximum atomic E-state index is 5.72. The summed E-state index contributed by atoms with van der Waals surface area (Å²) in [5, 5.41) is 0. The summed E-state index contributed by atoms with van der Waals surface area (Å²) in [6, 6.07) is 8.74. The largest absolute Gasteiger partial charge is 0.333 e. The highest BCUT2D eigenvalue weighted by Gasteiger charge is 2.01. The lowest BCUT2D eigenvalue weighted by Crippen LogP contribution is -1.97. The van der Waals surface area contributed by atoms with Gasteiger partial charge in [0.05, 0.1) is 17.9 Å². The second kappa shape index (κ2) is 5.37. The summed E-state index contributed by atoms with van der Waals surface area (Å²) in [6.45, 7) is 5.26. The summed E-state index contributed by atoms with van der Waals surface area (Å²) >= 11 is 5.72. The standard InChI is InChI=1S/C14H17ClN2/c1-11(2)13-5-3-12(4-6-13)8-17-9-14(7-15)16-10-17/h3-6,9-11H,7-8H2,1-2H3. The molecule has 0 unspecified atom stereocenters. The first-order valence-electron chi connectivity index (χ1n) is 5.84. The van der Waals surface area contributed by atoms with E-state index < -0.39 is 0 Å². The molecule has 1 aromatic heterocycles. The topological polar surface area (TPSA) is 17.8 Å². The van der Waals surface area contributed by atoms with Crippen molar-refractivity contribution in [2.45, 2.75) is 32.2 Å². The summed E-state index contributed by atoms with van der Waals surface area (Å²) in [5.41, 5.74) is 3.58. The fourth-order valence-corrected chi connectivity index (χ4v) is 1.92. The molecule has 0 radical (unpaired) electrons. The molecule has 0 aliphatic heterocycles. The molecular weight excluding hydrogens is 232 g/mol. The SMILES string of the molecule is CC(C)c1ccc(Cn2cnc(CCl)c2)cc1. The zero-order chi connectivity index (χ0) is 12.3. The molecule has 2 aromatic rings. The Balaban J connectivity index is 2.08. The van der Waals surface area contributed by atoms with Gasteiger partial charge in [-0.1, -0.05) is 38.1 Å². The van der Waals surface area contributed by atoms with Crippen LogP contribution in [0.1, 0.15) is 36.6 Å². The molecule has 0 spiro atoms. The first kappa shape index (κ1) is 12.2. The molecule has 2 nitrogen and oxygen atoms in total. The zero-order valence-corrected chi connectivity index (χ0v) is 11.0. The Morgan fingerprint density at radius 3 is 2.47 bits per heavy atom. The van der Waals surface area contributed by atoms with E-state index in [1.165, 1.54) is 11.1 Å². The number of rotatable bonds is 4. The van der Waals surface area contributed by atoms with Crippen molar-refractivity contribution in [1.29, 1.82) is 0 Å². The van der Waals surface area contributed by atoms with Crippen molar-refractivity contribution in [2.24, 2.45) is 0 Å². The Kier molecular flexibility index (Phi) is 3.85. The summed E-state index contributed by atoms with van der Waals surface area (Å²) in [7, 11) is 0. The van der Waals surface area contributed by atoms with Crippen LogP contribution in [-0.2, 0) is 12.4 Å². The van der Waals surface area contributed by atoms with E-state index >= 15 is 0 Å². The van der Waals surface area contributed by atoms with Crippen LogP contribution < -0.4 is 0 Å². The van der Waals surface area contributed by atoms with Gasteiger partial charge in [0.2, 0.25) is 0 Å². The first-order valence-corrected chi connectivity index (χ1v) is 6.38. The van der Waals surface area contributed by atoms with Crippen LogP contribution in [0.15, 0.2) is 36.8 Å². The second-order valence-corrected chi connectivity index (χ2v) is 4.83. The van der Waals surface area contributed by atoms with Crippen molar-refractivity contribution in [2.75, 3.05) is 0 Å². The molecule has 3 heteroatoms. The molecule has 0 saturated heterocycles. The predicted molar refractivity (Wildman–Crippen MR) is 71.4 cm³/mol. The number of hydrogen-bond donors (Lipinski definition) is 0. The van der Waals surface area contributed by atoms with Crippen molar-refractivity contribution >= 4 is 11.6 Å². The third kappa shape index (κ3) is 3.10. The molecule has 17 heavy (non-hydrogen) atoms. The fraction of sp³-hybridized carbons (Fsp3) is 0.357. The number of nitrogens with zero attached hydrogens (tertiary/aromatic N) is 2. The lowest BCUT2D eigenvalue weighted by molar-refractivity contribution is 0.793. The van der Waals surface area contributed by atoms with E-state index in [0.29, 0.717) is 11.8 Å². The van der Waals surface area contributed by atoms with Gasteiger partial charge in [-0.15, -0.1) is 11.6 Å². The van der Waals surface area contributed by atoms with Gasteiger partial charge in [0.1, 0.15) is 0 Å². The third-order valence-electron chi connectivity index (χ3n) is 2.84. The third-order valence-corrected chi connectivity index (χ3v) is 3.11.